The fourth-order valence-corrected chi connectivity index (χ4v) is 4.86. The van der Waals surface area contributed by atoms with E-state index >= 15 is 0 Å². The van der Waals surface area contributed by atoms with Gasteiger partial charge < -0.3 is 4.79 Å². The van der Waals surface area contributed by atoms with Crippen LogP contribution < -0.4 is 0 Å². The van der Waals surface area contributed by atoms with E-state index in [1.54, 1.807) is 0 Å². The third-order valence-corrected chi connectivity index (χ3v) is 6.20. The van der Waals surface area contributed by atoms with E-state index in [0.29, 0.717) is 6.42 Å². The molecule has 0 bridgehead atoms. The van der Waals surface area contributed by atoms with Gasteiger partial charge in [-0.1, -0.05) is 61.7 Å². The van der Waals surface area contributed by atoms with Gasteiger partial charge >= 0.3 is 0 Å². The lowest BCUT2D eigenvalue weighted by atomic mass is 9.96. The van der Waals surface area contributed by atoms with E-state index in [4.69, 9.17) is 0 Å². The van der Waals surface area contributed by atoms with E-state index in [2.05, 4.69) is 6.92 Å². The molecule has 0 radical (unpaired) electrons. The fraction of sp³-hybridized carbons (Fsp3) is 0.381. The summed E-state index contributed by atoms with van der Waals surface area (Å²) >= 11 is 0. The van der Waals surface area contributed by atoms with Crippen LogP contribution in [-0.2, 0) is 15.6 Å². The van der Waals surface area contributed by atoms with Crippen LogP contribution in [-0.4, -0.2) is 10.5 Å². The molecule has 0 aromatic heterocycles. The first-order valence-electron chi connectivity index (χ1n) is 8.60. The molecule has 128 valence electrons. The highest BCUT2D eigenvalue weighted by atomic mass is 32.2. The molecule has 0 saturated heterocycles. The molecule has 0 aliphatic heterocycles. The summed E-state index contributed by atoms with van der Waals surface area (Å²) in [6, 6.07) is 14.0. The number of fused-ring (bicyclic) bond motifs is 1. The third-order valence-electron chi connectivity index (χ3n) is 4.30. The Morgan fingerprint density at radius 1 is 1.12 bits per heavy atom. The summed E-state index contributed by atoms with van der Waals surface area (Å²) in [6.45, 7) is 6.14. The molecule has 2 rings (SSSR count). The van der Waals surface area contributed by atoms with Gasteiger partial charge in [-0.3, -0.25) is 0 Å². The van der Waals surface area contributed by atoms with Gasteiger partial charge in [-0.2, -0.15) is 0 Å². The predicted molar refractivity (Wildman–Crippen MR) is 102 cm³/mol. The van der Waals surface area contributed by atoms with Crippen molar-refractivity contribution in [1.29, 1.82) is 0 Å². The van der Waals surface area contributed by atoms with E-state index in [1.807, 2.05) is 56.3 Å². The average molecular weight is 343 g/mol. The number of carbonyl (C=O) groups is 1. The zero-order valence-corrected chi connectivity index (χ0v) is 15.6. The Bertz CT molecular complexity index is 752. The normalized spacial score (nSPS) is 13.5. The van der Waals surface area contributed by atoms with Crippen molar-refractivity contribution in [2.45, 2.75) is 51.3 Å². The molecular weight excluding hydrogens is 316 g/mol. The first-order chi connectivity index (χ1) is 11.6. The van der Waals surface area contributed by atoms with Crippen LogP contribution in [0.3, 0.4) is 0 Å². The first-order valence-corrected chi connectivity index (χ1v) is 9.75. The van der Waals surface area contributed by atoms with Crippen molar-refractivity contribution in [3.05, 3.63) is 52.9 Å². The maximum absolute atomic E-state index is 13.4. The molecule has 1 unspecified atom stereocenters. The van der Waals surface area contributed by atoms with Crippen molar-refractivity contribution in [1.82, 2.24) is 0 Å². The Morgan fingerprint density at radius 3 is 2.50 bits per heavy atom. The van der Waals surface area contributed by atoms with E-state index in [-0.39, 0.29) is 5.92 Å². The van der Waals surface area contributed by atoms with Gasteiger partial charge in [0.1, 0.15) is 6.29 Å². The van der Waals surface area contributed by atoms with Gasteiger partial charge in [-0.05, 0) is 43.0 Å². The van der Waals surface area contributed by atoms with Crippen LogP contribution in [0.1, 0.15) is 46.5 Å². The standard InChI is InChI=1S/C21H26O2S/c1-4-5-9-18(14-15-22)21(16(2)3)24(23)20-13-8-11-17-10-6-7-12-19(17)20/h6-8,10-13,15,18H,4-5,9,14H2,1-3H3/t18-,24?/m0/s1. The van der Waals surface area contributed by atoms with Crippen LogP contribution in [0.15, 0.2) is 57.8 Å². The molecule has 0 aliphatic rings. The summed E-state index contributed by atoms with van der Waals surface area (Å²) in [5.41, 5.74) is 1.06. The Hall–Kier alpha value is -1.74. The average Bonchev–Trinajstić information content (AvgIpc) is 2.59. The molecule has 0 saturated carbocycles. The molecule has 3 heteroatoms. The Kier molecular flexibility index (Phi) is 6.92. The Balaban J connectivity index is 2.49. The Morgan fingerprint density at radius 2 is 1.83 bits per heavy atom. The molecule has 2 aromatic rings. The van der Waals surface area contributed by atoms with Gasteiger partial charge in [0.2, 0.25) is 0 Å². The number of unbranched alkanes of at least 4 members (excludes halogenated alkanes) is 1. The lowest BCUT2D eigenvalue weighted by Crippen LogP contribution is -2.12. The van der Waals surface area contributed by atoms with Gasteiger partial charge in [0.15, 0.2) is 0 Å². The summed E-state index contributed by atoms with van der Waals surface area (Å²) in [7, 11) is -1.24. The van der Waals surface area contributed by atoms with Crippen molar-refractivity contribution < 1.29 is 9.00 Å². The molecule has 2 aromatic carbocycles. The second-order valence-corrected chi connectivity index (χ2v) is 7.77. The van der Waals surface area contributed by atoms with E-state index in [1.165, 1.54) is 0 Å². The van der Waals surface area contributed by atoms with Gasteiger partial charge in [0.25, 0.3) is 0 Å². The summed E-state index contributed by atoms with van der Waals surface area (Å²) in [4.78, 5) is 12.9. The number of carbonyl (C=O) groups excluding carboxylic acids is 1. The van der Waals surface area contributed by atoms with Gasteiger partial charge in [-0.15, -0.1) is 0 Å². The molecule has 0 N–H and O–H groups in total. The molecular formula is C21H26O2S. The van der Waals surface area contributed by atoms with E-state index < -0.39 is 10.8 Å². The summed E-state index contributed by atoms with van der Waals surface area (Å²) in [5, 5.41) is 2.12. The number of benzene rings is 2. The molecule has 0 heterocycles. The van der Waals surface area contributed by atoms with Crippen molar-refractivity contribution in [2.24, 2.45) is 5.92 Å². The second-order valence-electron chi connectivity index (χ2n) is 6.35. The SMILES string of the molecule is CCCC[C@@H](CC=O)C(=C(C)C)S(=O)c1cccc2ccccc12. The van der Waals surface area contributed by atoms with Gasteiger partial charge in [-0.25, -0.2) is 4.21 Å². The highest BCUT2D eigenvalue weighted by Gasteiger charge is 2.23. The Labute approximate surface area is 147 Å². The van der Waals surface area contributed by atoms with Crippen LogP contribution in [0, 0.1) is 5.92 Å². The number of aldehydes is 1. The highest BCUT2D eigenvalue weighted by Crippen LogP contribution is 2.33. The minimum absolute atomic E-state index is 0.0623. The lowest BCUT2D eigenvalue weighted by Gasteiger charge is -2.20. The van der Waals surface area contributed by atoms with E-state index in [0.717, 1.165) is 51.7 Å². The summed E-state index contributed by atoms with van der Waals surface area (Å²) in [6.07, 6.45) is 4.43. The molecule has 2 atom stereocenters. The molecule has 24 heavy (non-hydrogen) atoms. The van der Waals surface area contributed by atoms with Gasteiger partial charge in [0.05, 0.1) is 15.7 Å². The molecule has 0 aliphatic carbocycles. The molecule has 0 fully saturated rings. The maximum atomic E-state index is 13.4. The van der Waals surface area contributed by atoms with Crippen molar-refractivity contribution in [2.75, 3.05) is 0 Å². The zero-order valence-electron chi connectivity index (χ0n) is 14.7. The quantitative estimate of drug-likeness (QED) is 0.582. The van der Waals surface area contributed by atoms with Gasteiger partial charge in [0, 0.05) is 11.3 Å². The predicted octanol–water partition coefficient (Wildman–Crippen LogP) is 5.64. The minimum Gasteiger partial charge on any atom is -0.303 e. The number of allylic oxidation sites excluding steroid dienone is 2. The third kappa shape index (κ3) is 4.21. The van der Waals surface area contributed by atoms with Crippen molar-refractivity contribution >= 4 is 27.9 Å². The fourth-order valence-electron chi connectivity index (χ4n) is 3.14. The molecule has 0 spiro atoms. The highest BCUT2D eigenvalue weighted by molar-refractivity contribution is 7.89. The lowest BCUT2D eigenvalue weighted by molar-refractivity contribution is -0.108. The monoisotopic (exact) mass is 342 g/mol. The van der Waals surface area contributed by atoms with Crippen LogP contribution in [0.25, 0.3) is 10.8 Å². The smallest absolute Gasteiger partial charge is 0.120 e. The molecule has 0 amide bonds. The van der Waals surface area contributed by atoms with Crippen LogP contribution in [0.5, 0.6) is 0 Å². The van der Waals surface area contributed by atoms with Crippen LogP contribution in [0.4, 0.5) is 0 Å². The van der Waals surface area contributed by atoms with Crippen LogP contribution in [0.2, 0.25) is 0 Å². The topological polar surface area (TPSA) is 34.1 Å². The first kappa shape index (κ1) is 18.6. The zero-order chi connectivity index (χ0) is 17.5. The summed E-state index contributed by atoms with van der Waals surface area (Å²) < 4.78 is 13.4. The van der Waals surface area contributed by atoms with Crippen molar-refractivity contribution in [3.63, 3.8) is 0 Å². The minimum atomic E-state index is -1.24. The number of hydrogen-bond acceptors (Lipinski definition) is 2. The molecule has 2 nitrogen and oxygen atoms in total. The summed E-state index contributed by atoms with van der Waals surface area (Å²) in [5.74, 6) is 0.0623. The maximum Gasteiger partial charge on any atom is 0.120 e. The van der Waals surface area contributed by atoms with Crippen molar-refractivity contribution in [3.8, 4) is 0 Å². The van der Waals surface area contributed by atoms with Crippen LogP contribution >= 0.6 is 0 Å². The van der Waals surface area contributed by atoms with E-state index in [9.17, 15) is 9.00 Å². The number of rotatable bonds is 8. The number of hydrogen-bond donors (Lipinski definition) is 0. The largest absolute Gasteiger partial charge is 0.303 e. The second kappa shape index (κ2) is 8.93.